The lowest BCUT2D eigenvalue weighted by atomic mass is 9.86. The van der Waals surface area contributed by atoms with Crippen molar-refractivity contribution in [1.82, 2.24) is 14.9 Å². The van der Waals surface area contributed by atoms with Crippen LogP contribution in [0.15, 0.2) is 37.6 Å². The first-order valence-electron chi connectivity index (χ1n) is 11.8. The number of nitrogens with zero attached hydrogens (tertiary/aromatic N) is 1. The van der Waals surface area contributed by atoms with Gasteiger partial charge in [-0.05, 0) is 65.9 Å². The van der Waals surface area contributed by atoms with Crippen molar-refractivity contribution in [1.29, 1.82) is 0 Å². The molecule has 1 fully saturated rings. The Hall–Kier alpha value is -3.18. The molecule has 2 amide bonds. The van der Waals surface area contributed by atoms with Gasteiger partial charge in [-0.25, -0.2) is 4.79 Å². The molecule has 3 aliphatic rings. The molecule has 2 aromatic heterocycles. The molecule has 1 aliphatic carbocycles. The van der Waals surface area contributed by atoms with Crippen LogP contribution in [0, 0.1) is 12.8 Å². The van der Waals surface area contributed by atoms with E-state index >= 15 is 0 Å². The molecule has 1 saturated heterocycles. The standard InChI is InChI=1S/C25H23BrN4O5S/c1-11-7-19(26)36-21(11)24(33)30-9-14-18(10-30)35-17-4-2-3-16(20(14)17)27-22(31)12-5-6-15-13(8-12)23(32)29-25(34)28-15/h2-4,7,12,14,18H,5-6,8-10H2,1H3,(H,27,31)(H2,28,29,32,34). The van der Waals surface area contributed by atoms with Gasteiger partial charge in [-0.2, -0.15) is 0 Å². The van der Waals surface area contributed by atoms with Gasteiger partial charge in [0.2, 0.25) is 5.91 Å². The second-order valence-corrected chi connectivity index (χ2v) is 12.0. The molecule has 3 aromatic rings. The van der Waals surface area contributed by atoms with E-state index < -0.39 is 11.2 Å². The highest BCUT2D eigenvalue weighted by atomic mass is 79.9. The maximum atomic E-state index is 13.2. The lowest BCUT2D eigenvalue weighted by Crippen LogP contribution is -2.36. The molecular formula is C25H23BrN4O5S. The summed E-state index contributed by atoms with van der Waals surface area (Å²) in [5.74, 6) is 0.124. The molecule has 3 N–H and O–H groups in total. The van der Waals surface area contributed by atoms with Crippen LogP contribution in [0.4, 0.5) is 5.69 Å². The molecule has 1 aromatic carbocycles. The number of ether oxygens (including phenoxy) is 1. The van der Waals surface area contributed by atoms with Gasteiger partial charge in [-0.3, -0.25) is 19.4 Å². The summed E-state index contributed by atoms with van der Waals surface area (Å²) >= 11 is 4.89. The van der Waals surface area contributed by atoms with Crippen molar-refractivity contribution in [3.05, 3.63) is 76.2 Å². The number of halogens is 1. The number of amides is 2. The third kappa shape index (κ3) is 3.90. The number of carbonyl (C=O) groups is 2. The first kappa shape index (κ1) is 23.2. The second-order valence-electron chi connectivity index (χ2n) is 9.55. The molecule has 0 saturated carbocycles. The van der Waals surface area contributed by atoms with E-state index in [1.165, 1.54) is 11.3 Å². The molecule has 2 aliphatic heterocycles. The molecule has 186 valence electrons. The zero-order chi connectivity index (χ0) is 25.1. The number of likely N-dealkylation sites (tertiary alicyclic amines) is 1. The molecule has 6 rings (SSSR count). The molecule has 9 nitrogen and oxygen atoms in total. The highest BCUT2D eigenvalue weighted by molar-refractivity contribution is 9.11. The quantitative estimate of drug-likeness (QED) is 0.446. The summed E-state index contributed by atoms with van der Waals surface area (Å²) in [4.78, 5) is 57.7. The largest absolute Gasteiger partial charge is 0.487 e. The van der Waals surface area contributed by atoms with E-state index in [1.54, 1.807) is 0 Å². The van der Waals surface area contributed by atoms with Crippen LogP contribution < -0.4 is 21.3 Å². The minimum absolute atomic E-state index is 0.00611. The topological polar surface area (TPSA) is 124 Å². The number of anilines is 1. The highest BCUT2D eigenvalue weighted by Gasteiger charge is 2.45. The third-order valence-corrected chi connectivity index (χ3v) is 9.03. The van der Waals surface area contributed by atoms with Crippen molar-refractivity contribution in [3.63, 3.8) is 0 Å². The number of aromatic amines is 2. The molecule has 0 radical (unpaired) electrons. The van der Waals surface area contributed by atoms with Crippen LogP contribution in [0.5, 0.6) is 5.75 Å². The zero-order valence-electron chi connectivity index (χ0n) is 19.4. The summed E-state index contributed by atoms with van der Waals surface area (Å²) in [5.41, 5.74) is 2.63. The maximum absolute atomic E-state index is 13.2. The minimum atomic E-state index is -0.526. The fourth-order valence-corrected chi connectivity index (χ4v) is 7.25. The fourth-order valence-electron chi connectivity index (χ4n) is 5.55. The van der Waals surface area contributed by atoms with E-state index in [0.29, 0.717) is 42.9 Å². The summed E-state index contributed by atoms with van der Waals surface area (Å²) in [7, 11) is 0. The Morgan fingerprint density at radius 1 is 1.22 bits per heavy atom. The van der Waals surface area contributed by atoms with E-state index in [2.05, 4.69) is 31.2 Å². The average molecular weight is 571 g/mol. The Balaban J connectivity index is 1.21. The van der Waals surface area contributed by atoms with Crippen molar-refractivity contribution >= 4 is 44.8 Å². The van der Waals surface area contributed by atoms with Crippen LogP contribution in [-0.4, -0.2) is 45.9 Å². The molecule has 0 spiro atoms. The number of hydrogen-bond acceptors (Lipinski definition) is 6. The predicted molar refractivity (Wildman–Crippen MR) is 138 cm³/mol. The Bertz CT molecular complexity index is 1530. The van der Waals surface area contributed by atoms with E-state index in [9.17, 15) is 19.2 Å². The molecule has 3 atom stereocenters. The summed E-state index contributed by atoms with van der Waals surface area (Å²) in [6.45, 7) is 2.93. The van der Waals surface area contributed by atoms with Gasteiger partial charge in [0.05, 0.1) is 15.2 Å². The number of hydrogen-bond donors (Lipinski definition) is 3. The van der Waals surface area contributed by atoms with Crippen molar-refractivity contribution < 1.29 is 14.3 Å². The van der Waals surface area contributed by atoms with Crippen LogP contribution in [0.25, 0.3) is 0 Å². The molecule has 4 heterocycles. The van der Waals surface area contributed by atoms with Crippen molar-refractivity contribution in [2.24, 2.45) is 5.92 Å². The fraction of sp³-hybridized carbons (Fsp3) is 0.360. The Labute approximate surface area is 218 Å². The first-order valence-corrected chi connectivity index (χ1v) is 13.4. The third-order valence-electron chi connectivity index (χ3n) is 7.30. The summed E-state index contributed by atoms with van der Waals surface area (Å²) in [5, 5.41) is 3.06. The smallest absolute Gasteiger partial charge is 0.325 e. The van der Waals surface area contributed by atoms with Crippen LogP contribution >= 0.6 is 27.3 Å². The maximum Gasteiger partial charge on any atom is 0.325 e. The normalized spacial score (nSPS) is 21.9. The van der Waals surface area contributed by atoms with E-state index in [0.717, 1.165) is 25.5 Å². The predicted octanol–water partition coefficient (Wildman–Crippen LogP) is 2.94. The highest BCUT2D eigenvalue weighted by Crippen LogP contribution is 2.47. The number of H-pyrrole nitrogens is 2. The summed E-state index contributed by atoms with van der Waals surface area (Å²) in [6.07, 6.45) is 1.10. The number of aromatic nitrogens is 2. The van der Waals surface area contributed by atoms with Gasteiger partial charge in [0.15, 0.2) is 0 Å². The molecule has 3 unspecified atom stereocenters. The van der Waals surface area contributed by atoms with Crippen molar-refractivity contribution in [2.75, 3.05) is 18.4 Å². The number of carbonyl (C=O) groups excluding carboxylic acids is 2. The number of aryl methyl sites for hydroxylation is 2. The second kappa shape index (κ2) is 8.74. The van der Waals surface area contributed by atoms with E-state index in [1.807, 2.05) is 36.1 Å². The summed E-state index contributed by atoms with van der Waals surface area (Å²) < 4.78 is 7.12. The number of rotatable bonds is 3. The van der Waals surface area contributed by atoms with Crippen LogP contribution in [0.3, 0.4) is 0 Å². The Morgan fingerprint density at radius 3 is 2.83 bits per heavy atom. The molecule has 11 heteroatoms. The van der Waals surface area contributed by atoms with Gasteiger partial charge >= 0.3 is 5.69 Å². The van der Waals surface area contributed by atoms with Gasteiger partial charge in [-0.15, -0.1) is 11.3 Å². The van der Waals surface area contributed by atoms with Gasteiger partial charge in [0, 0.05) is 40.9 Å². The number of thiophene rings is 1. The average Bonchev–Trinajstić information content (AvgIpc) is 3.50. The number of nitrogens with one attached hydrogen (secondary N) is 3. The Morgan fingerprint density at radius 2 is 2.06 bits per heavy atom. The molecule has 36 heavy (non-hydrogen) atoms. The van der Waals surface area contributed by atoms with Crippen LogP contribution in [0.1, 0.15) is 44.4 Å². The first-order chi connectivity index (χ1) is 17.3. The zero-order valence-corrected chi connectivity index (χ0v) is 21.8. The van der Waals surface area contributed by atoms with Crippen molar-refractivity contribution in [2.45, 2.75) is 38.2 Å². The number of benzene rings is 1. The van der Waals surface area contributed by atoms with Gasteiger partial charge in [0.1, 0.15) is 11.9 Å². The van der Waals surface area contributed by atoms with Crippen LogP contribution in [0.2, 0.25) is 0 Å². The van der Waals surface area contributed by atoms with Gasteiger partial charge < -0.3 is 19.9 Å². The monoisotopic (exact) mass is 570 g/mol. The van der Waals surface area contributed by atoms with Crippen molar-refractivity contribution in [3.8, 4) is 5.75 Å². The van der Waals surface area contributed by atoms with Crippen LogP contribution in [-0.2, 0) is 17.6 Å². The molecule has 0 bridgehead atoms. The lowest BCUT2D eigenvalue weighted by molar-refractivity contribution is -0.120. The van der Waals surface area contributed by atoms with E-state index in [-0.39, 0.29) is 36.2 Å². The SMILES string of the molecule is Cc1cc(Br)sc1C(=O)N1CC2Oc3cccc(NC(=O)C4CCc5[nH]c(=O)[nH]c(=O)c5C4)c3C2C1. The minimum Gasteiger partial charge on any atom is -0.487 e. The van der Waals surface area contributed by atoms with Gasteiger partial charge in [-0.1, -0.05) is 6.07 Å². The molecular weight excluding hydrogens is 548 g/mol. The number of fused-ring (bicyclic) bond motifs is 4. The Kier molecular flexibility index (Phi) is 5.64. The lowest BCUT2D eigenvalue weighted by Gasteiger charge is -2.23. The van der Waals surface area contributed by atoms with Gasteiger partial charge in [0.25, 0.3) is 11.5 Å². The summed E-state index contributed by atoms with van der Waals surface area (Å²) in [6, 6.07) is 7.54. The van der Waals surface area contributed by atoms with E-state index in [4.69, 9.17) is 4.74 Å².